The van der Waals surface area contributed by atoms with Crippen molar-refractivity contribution in [2.45, 2.75) is 0 Å². The van der Waals surface area contributed by atoms with E-state index in [-0.39, 0.29) is 6.54 Å². The van der Waals surface area contributed by atoms with Crippen molar-refractivity contribution < 1.29 is 14.3 Å². The highest BCUT2D eigenvalue weighted by molar-refractivity contribution is 6.52. The van der Waals surface area contributed by atoms with Crippen LogP contribution in [0.4, 0.5) is 5.69 Å². The second-order valence-electron chi connectivity index (χ2n) is 3.26. The van der Waals surface area contributed by atoms with E-state index in [1.54, 1.807) is 12.1 Å². The number of amides is 1. The van der Waals surface area contributed by atoms with Gasteiger partial charge in [-0.05, 0) is 12.1 Å². The Balaban J connectivity index is 2.54. The van der Waals surface area contributed by atoms with E-state index in [9.17, 15) is 9.59 Å². The van der Waals surface area contributed by atoms with Gasteiger partial charge in [-0.1, -0.05) is 0 Å². The van der Waals surface area contributed by atoms with Gasteiger partial charge in [-0.15, -0.1) is 0 Å². The summed E-state index contributed by atoms with van der Waals surface area (Å²) in [7, 11) is 1.49. The van der Waals surface area contributed by atoms with Gasteiger partial charge in [-0.2, -0.15) is 5.26 Å². The molecule has 1 aromatic carbocycles. The predicted octanol–water partition coefficient (Wildman–Crippen LogP) is 0.748. The molecule has 0 saturated heterocycles. The highest BCUT2D eigenvalue weighted by Crippen LogP contribution is 2.31. The number of rotatable bonds is 2. The van der Waals surface area contributed by atoms with Crippen molar-refractivity contribution in [3.8, 4) is 11.8 Å². The number of hydrogen-bond donors (Lipinski definition) is 0. The molecule has 16 heavy (non-hydrogen) atoms. The summed E-state index contributed by atoms with van der Waals surface area (Å²) in [5.41, 5.74) is 0.761. The zero-order valence-electron chi connectivity index (χ0n) is 8.56. The molecule has 0 unspecified atom stereocenters. The minimum absolute atomic E-state index is 0.134. The maximum absolute atomic E-state index is 11.5. The molecule has 5 heteroatoms. The van der Waals surface area contributed by atoms with Crippen LogP contribution in [0.25, 0.3) is 0 Å². The van der Waals surface area contributed by atoms with Crippen LogP contribution < -0.4 is 9.64 Å². The molecule has 80 valence electrons. The first-order valence-electron chi connectivity index (χ1n) is 4.60. The number of ketones is 1. The number of ether oxygens (including phenoxy) is 1. The van der Waals surface area contributed by atoms with Crippen molar-refractivity contribution in [3.63, 3.8) is 0 Å². The van der Waals surface area contributed by atoms with Gasteiger partial charge in [0.05, 0.1) is 24.4 Å². The van der Waals surface area contributed by atoms with Crippen molar-refractivity contribution in [3.05, 3.63) is 23.8 Å². The summed E-state index contributed by atoms with van der Waals surface area (Å²) in [6, 6.07) is 6.57. The van der Waals surface area contributed by atoms with Gasteiger partial charge < -0.3 is 4.74 Å². The smallest absolute Gasteiger partial charge is 0.300 e. The first-order chi connectivity index (χ1) is 7.69. The Hall–Kier alpha value is -2.35. The molecular formula is C11H8N2O3. The molecule has 2 rings (SSSR count). The van der Waals surface area contributed by atoms with E-state index in [0.29, 0.717) is 17.0 Å². The van der Waals surface area contributed by atoms with Gasteiger partial charge in [0.1, 0.15) is 12.3 Å². The molecule has 0 fully saturated rings. The molecule has 1 aliphatic heterocycles. The number of nitriles is 1. The second-order valence-corrected chi connectivity index (χ2v) is 3.26. The second kappa shape index (κ2) is 3.66. The van der Waals surface area contributed by atoms with E-state index in [0.717, 1.165) is 4.90 Å². The van der Waals surface area contributed by atoms with E-state index < -0.39 is 11.7 Å². The predicted molar refractivity (Wildman–Crippen MR) is 55.3 cm³/mol. The summed E-state index contributed by atoms with van der Waals surface area (Å²) >= 11 is 0. The van der Waals surface area contributed by atoms with Gasteiger partial charge in [-0.25, -0.2) is 0 Å². The monoisotopic (exact) mass is 216 g/mol. The summed E-state index contributed by atoms with van der Waals surface area (Å²) < 4.78 is 5.00. The average Bonchev–Trinajstić information content (AvgIpc) is 2.54. The first-order valence-corrected chi connectivity index (χ1v) is 4.60. The van der Waals surface area contributed by atoms with Crippen molar-refractivity contribution >= 4 is 17.4 Å². The van der Waals surface area contributed by atoms with Crippen LogP contribution in [0.5, 0.6) is 5.75 Å². The van der Waals surface area contributed by atoms with Gasteiger partial charge in [0.15, 0.2) is 0 Å². The van der Waals surface area contributed by atoms with E-state index in [1.807, 2.05) is 6.07 Å². The van der Waals surface area contributed by atoms with Crippen LogP contribution in [-0.2, 0) is 4.79 Å². The largest absolute Gasteiger partial charge is 0.497 e. The average molecular weight is 216 g/mol. The summed E-state index contributed by atoms with van der Waals surface area (Å²) in [5.74, 6) is -0.693. The molecule has 0 spiro atoms. The highest BCUT2D eigenvalue weighted by atomic mass is 16.5. The molecule has 0 aromatic heterocycles. The van der Waals surface area contributed by atoms with Gasteiger partial charge in [0.25, 0.3) is 11.7 Å². The lowest BCUT2D eigenvalue weighted by Gasteiger charge is -2.12. The molecule has 0 bridgehead atoms. The third kappa shape index (κ3) is 1.32. The number of fused-ring (bicyclic) bond motifs is 1. The van der Waals surface area contributed by atoms with Gasteiger partial charge in [-0.3, -0.25) is 14.5 Å². The molecular weight excluding hydrogens is 208 g/mol. The van der Waals surface area contributed by atoms with E-state index in [1.165, 1.54) is 13.2 Å². The fraction of sp³-hybridized carbons (Fsp3) is 0.182. The number of benzene rings is 1. The summed E-state index contributed by atoms with van der Waals surface area (Å²) in [6.45, 7) is -0.134. The van der Waals surface area contributed by atoms with Crippen molar-refractivity contribution in [1.82, 2.24) is 0 Å². The van der Waals surface area contributed by atoms with Crippen LogP contribution in [0.2, 0.25) is 0 Å². The third-order valence-corrected chi connectivity index (χ3v) is 2.41. The lowest BCUT2D eigenvalue weighted by atomic mass is 10.1. The Labute approximate surface area is 91.8 Å². The van der Waals surface area contributed by atoms with Gasteiger partial charge >= 0.3 is 0 Å². The standard InChI is InChI=1S/C11H8N2O3/c1-16-7-2-3-8-9(6-7)13(5-4-12)11(15)10(8)14/h2-3,6H,5H2,1H3. The highest BCUT2D eigenvalue weighted by Gasteiger charge is 2.35. The van der Waals surface area contributed by atoms with Gasteiger partial charge in [0, 0.05) is 6.07 Å². The normalized spacial score (nSPS) is 13.6. The molecule has 1 aromatic rings. The van der Waals surface area contributed by atoms with Crippen LogP contribution in [-0.4, -0.2) is 25.3 Å². The minimum Gasteiger partial charge on any atom is -0.497 e. The van der Waals surface area contributed by atoms with Gasteiger partial charge in [0.2, 0.25) is 0 Å². The van der Waals surface area contributed by atoms with Crippen LogP contribution in [0, 0.1) is 11.3 Å². The van der Waals surface area contributed by atoms with E-state index in [2.05, 4.69) is 0 Å². The van der Waals surface area contributed by atoms with E-state index >= 15 is 0 Å². The van der Waals surface area contributed by atoms with Crippen molar-refractivity contribution in [2.24, 2.45) is 0 Å². The molecule has 0 aliphatic carbocycles. The maximum Gasteiger partial charge on any atom is 0.300 e. The third-order valence-electron chi connectivity index (χ3n) is 2.41. The van der Waals surface area contributed by atoms with E-state index in [4.69, 9.17) is 10.00 Å². The lowest BCUT2D eigenvalue weighted by molar-refractivity contribution is -0.114. The lowest BCUT2D eigenvalue weighted by Crippen LogP contribution is -2.29. The fourth-order valence-electron chi connectivity index (χ4n) is 1.63. The molecule has 0 saturated carbocycles. The number of Topliss-reactive ketones (excluding diaryl/α,β-unsaturated/α-hetero) is 1. The molecule has 5 nitrogen and oxygen atoms in total. The molecule has 1 aliphatic rings. The summed E-state index contributed by atoms with van der Waals surface area (Å²) in [6.07, 6.45) is 0. The number of nitrogens with zero attached hydrogens (tertiary/aromatic N) is 2. The molecule has 0 N–H and O–H groups in total. The fourth-order valence-corrected chi connectivity index (χ4v) is 1.63. The Morgan fingerprint density at radius 1 is 1.44 bits per heavy atom. The number of anilines is 1. The SMILES string of the molecule is COc1ccc2c(c1)N(CC#N)C(=O)C2=O. The zero-order valence-corrected chi connectivity index (χ0v) is 8.56. The van der Waals surface area contributed by atoms with Crippen molar-refractivity contribution in [1.29, 1.82) is 5.26 Å². The van der Waals surface area contributed by atoms with Crippen LogP contribution in [0.3, 0.4) is 0 Å². The Bertz CT molecular complexity index is 516. The first kappa shape index (κ1) is 10.2. The van der Waals surface area contributed by atoms with Crippen molar-refractivity contribution in [2.75, 3.05) is 18.6 Å². The Morgan fingerprint density at radius 3 is 2.81 bits per heavy atom. The quantitative estimate of drug-likeness (QED) is 0.540. The summed E-state index contributed by atoms with van der Waals surface area (Å²) in [4.78, 5) is 24.2. The molecule has 1 amide bonds. The molecule has 0 radical (unpaired) electrons. The number of hydrogen-bond acceptors (Lipinski definition) is 4. The Kier molecular flexibility index (Phi) is 2.33. The molecule has 1 heterocycles. The maximum atomic E-state index is 11.5. The Morgan fingerprint density at radius 2 is 2.19 bits per heavy atom. The zero-order chi connectivity index (χ0) is 11.7. The number of carbonyl (C=O) groups excluding carboxylic acids is 2. The van der Waals surface area contributed by atoms with Crippen LogP contribution in [0.15, 0.2) is 18.2 Å². The summed E-state index contributed by atoms with van der Waals surface area (Å²) in [5, 5.41) is 8.60. The van der Waals surface area contributed by atoms with Crippen LogP contribution >= 0.6 is 0 Å². The number of carbonyl (C=O) groups is 2. The van der Waals surface area contributed by atoms with Crippen LogP contribution in [0.1, 0.15) is 10.4 Å². The molecule has 0 atom stereocenters. The topological polar surface area (TPSA) is 70.4 Å². The number of methoxy groups -OCH3 is 1. The minimum atomic E-state index is -0.662.